The van der Waals surface area contributed by atoms with E-state index in [1.807, 2.05) is 0 Å². The first-order valence-electron chi connectivity index (χ1n) is 2.24. The van der Waals surface area contributed by atoms with Gasteiger partial charge in [0.2, 0.25) is 5.79 Å². The predicted molar refractivity (Wildman–Crippen MR) is 29.0 cm³/mol. The molecule has 0 aromatic carbocycles. The van der Waals surface area contributed by atoms with Gasteiger partial charge in [-0.15, -0.1) is 0 Å². The van der Waals surface area contributed by atoms with Gasteiger partial charge in [0.15, 0.2) is 0 Å². The zero-order chi connectivity index (χ0) is 6.62. The minimum atomic E-state index is -1.47. The van der Waals surface area contributed by atoms with E-state index < -0.39 is 12.4 Å². The van der Waals surface area contributed by atoms with Gasteiger partial charge in [-0.05, 0) is 0 Å². The molecule has 0 radical (unpaired) electrons. The maximum atomic E-state index is 8.78. The maximum absolute atomic E-state index is 8.78. The van der Waals surface area contributed by atoms with Crippen molar-refractivity contribution in [2.45, 2.75) is 12.7 Å². The Hall–Kier alpha value is -0.540. The summed E-state index contributed by atoms with van der Waals surface area (Å²) in [5, 5.41) is 17.1. The zero-order valence-corrected chi connectivity index (χ0v) is 4.79. The van der Waals surface area contributed by atoms with Gasteiger partial charge in [0.1, 0.15) is 6.61 Å². The first-order valence-corrected chi connectivity index (χ1v) is 2.24. The fraction of sp³-hybridized carbons (Fsp3) is 0.600. The lowest BCUT2D eigenvalue weighted by atomic mass is 10.4. The molecule has 0 rings (SSSR count). The number of ether oxygens (including phenoxy) is 1. The molecule has 0 spiro atoms. The Balaban J connectivity index is 3.53. The van der Waals surface area contributed by atoms with Crippen molar-refractivity contribution >= 4 is 0 Å². The lowest BCUT2D eigenvalue weighted by Crippen LogP contribution is -2.30. The third-order valence-electron chi connectivity index (χ3n) is 0.631. The second-order valence-corrected chi connectivity index (χ2v) is 1.62. The van der Waals surface area contributed by atoms with Crippen LogP contribution in [0.2, 0.25) is 0 Å². The molecule has 0 fully saturated rings. The summed E-state index contributed by atoms with van der Waals surface area (Å²) in [6, 6.07) is 0. The van der Waals surface area contributed by atoms with Crippen LogP contribution in [0.1, 0.15) is 6.92 Å². The van der Waals surface area contributed by atoms with Crippen LogP contribution >= 0.6 is 0 Å². The summed E-state index contributed by atoms with van der Waals surface area (Å²) in [5.41, 5.74) is 0. The van der Waals surface area contributed by atoms with Crippen molar-refractivity contribution in [3.05, 3.63) is 12.8 Å². The fourth-order valence-corrected chi connectivity index (χ4v) is 0.217. The average Bonchev–Trinajstić information content (AvgIpc) is 1.67. The van der Waals surface area contributed by atoms with Crippen molar-refractivity contribution in [1.82, 2.24) is 0 Å². The monoisotopic (exact) mass is 118 g/mol. The van der Waals surface area contributed by atoms with Crippen LogP contribution in [0.15, 0.2) is 12.8 Å². The molecule has 2 N–H and O–H groups in total. The minimum Gasteiger partial charge on any atom is -0.469 e. The highest BCUT2D eigenvalue weighted by atomic mass is 16.6. The summed E-state index contributed by atoms with van der Waals surface area (Å²) in [5.74, 6) is -1.47. The maximum Gasteiger partial charge on any atom is 0.227 e. The number of hydrogen-bond donors (Lipinski definition) is 2. The molecule has 3 nitrogen and oxygen atoms in total. The van der Waals surface area contributed by atoms with Gasteiger partial charge in [-0.25, -0.2) is 0 Å². The summed E-state index contributed by atoms with van der Waals surface area (Å²) < 4.78 is 4.45. The third kappa shape index (κ3) is 2.60. The predicted octanol–water partition coefficient (Wildman–Crippen LogP) is -0.153. The van der Waals surface area contributed by atoms with Crippen molar-refractivity contribution in [3.63, 3.8) is 0 Å². The molecule has 0 saturated carbocycles. The van der Waals surface area contributed by atoms with E-state index in [1.165, 1.54) is 6.92 Å². The highest BCUT2D eigenvalue weighted by molar-refractivity contribution is 4.61. The third-order valence-corrected chi connectivity index (χ3v) is 0.631. The Morgan fingerprint density at radius 3 is 2.50 bits per heavy atom. The lowest BCUT2D eigenvalue weighted by Gasteiger charge is -2.18. The number of aliphatic hydroxyl groups is 2. The first kappa shape index (κ1) is 7.46. The van der Waals surface area contributed by atoms with Crippen LogP contribution < -0.4 is 0 Å². The van der Waals surface area contributed by atoms with Crippen molar-refractivity contribution in [3.8, 4) is 0 Å². The highest BCUT2D eigenvalue weighted by Crippen LogP contribution is 2.02. The number of rotatable bonds is 3. The van der Waals surface area contributed by atoms with E-state index in [2.05, 4.69) is 11.3 Å². The van der Waals surface area contributed by atoms with Crippen molar-refractivity contribution in [1.29, 1.82) is 0 Å². The molecule has 0 saturated heterocycles. The van der Waals surface area contributed by atoms with Crippen molar-refractivity contribution in [2.75, 3.05) is 6.61 Å². The van der Waals surface area contributed by atoms with Crippen molar-refractivity contribution in [2.24, 2.45) is 0 Å². The van der Waals surface area contributed by atoms with Gasteiger partial charge in [-0.3, -0.25) is 0 Å². The Kier molecular flexibility index (Phi) is 2.51. The standard InChI is InChI=1S/C5H10O3/c1-3-8-5(2,7)4-6/h3,6-7H,1,4H2,2H3. The summed E-state index contributed by atoms with van der Waals surface area (Å²) in [6.45, 7) is 4.11. The smallest absolute Gasteiger partial charge is 0.227 e. The summed E-state index contributed by atoms with van der Waals surface area (Å²) in [7, 11) is 0. The van der Waals surface area contributed by atoms with Gasteiger partial charge in [0.25, 0.3) is 0 Å². The number of aliphatic hydroxyl groups excluding tert-OH is 1. The van der Waals surface area contributed by atoms with Crippen LogP contribution in [-0.2, 0) is 4.74 Å². The van der Waals surface area contributed by atoms with Crippen LogP contribution in [0.4, 0.5) is 0 Å². The van der Waals surface area contributed by atoms with E-state index in [9.17, 15) is 0 Å². The first-order chi connectivity index (χ1) is 3.62. The van der Waals surface area contributed by atoms with E-state index in [0.717, 1.165) is 6.26 Å². The molecule has 0 aromatic heterocycles. The quantitative estimate of drug-likeness (QED) is 0.400. The van der Waals surface area contributed by atoms with Crippen LogP contribution in [0.25, 0.3) is 0 Å². The SMILES string of the molecule is C=COC(C)(O)CO. The summed E-state index contributed by atoms with van der Waals surface area (Å²) in [6.07, 6.45) is 1.08. The lowest BCUT2D eigenvalue weighted by molar-refractivity contribution is -0.176. The normalized spacial score (nSPS) is 16.9. The highest BCUT2D eigenvalue weighted by Gasteiger charge is 2.17. The van der Waals surface area contributed by atoms with E-state index in [0.29, 0.717) is 0 Å². The Morgan fingerprint density at radius 1 is 1.88 bits per heavy atom. The molecule has 1 atom stereocenters. The van der Waals surface area contributed by atoms with Gasteiger partial charge < -0.3 is 14.9 Å². The van der Waals surface area contributed by atoms with Gasteiger partial charge in [0, 0.05) is 6.92 Å². The van der Waals surface area contributed by atoms with Gasteiger partial charge in [-0.1, -0.05) is 6.58 Å². The van der Waals surface area contributed by atoms with Gasteiger partial charge in [-0.2, -0.15) is 0 Å². The summed E-state index contributed by atoms with van der Waals surface area (Å²) in [4.78, 5) is 0. The molecule has 0 aliphatic rings. The van der Waals surface area contributed by atoms with E-state index >= 15 is 0 Å². The van der Waals surface area contributed by atoms with Crippen molar-refractivity contribution < 1.29 is 14.9 Å². The summed E-state index contributed by atoms with van der Waals surface area (Å²) >= 11 is 0. The Labute approximate surface area is 48.2 Å². The average molecular weight is 118 g/mol. The van der Waals surface area contributed by atoms with E-state index in [1.54, 1.807) is 0 Å². The molecule has 48 valence electrons. The fourth-order valence-electron chi connectivity index (χ4n) is 0.217. The molecule has 3 heteroatoms. The van der Waals surface area contributed by atoms with E-state index in [-0.39, 0.29) is 0 Å². The van der Waals surface area contributed by atoms with Crippen LogP contribution in [-0.4, -0.2) is 22.6 Å². The molecule has 8 heavy (non-hydrogen) atoms. The topological polar surface area (TPSA) is 49.7 Å². The molecule has 0 aromatic rings. The Bertz CT molecular complexity index is 77.7. The molecule has 0 aliphatic heterocycles. The molecular weight excluding hydrogens is 108 g/mol. The second-order valence-electron chi connectivity index (χ2n) is 1.62. The molecule has 0 bridgehead atoms. The molecule has 0 amide bonds. The van der Waals surface area contributed by atoms with Crippen LogP contribution in [0, 0.1) is 0 Å². The molecule has 0 heterocycles. The number of hydrogen-bond acceptors (Lipinski definition) is 3. The van der Waals surface area contributed by atoms with E-state index in [4.69, 9.17) is 10.2 Å². The van der Waals surface area contributed by atoms with Gasteiger partial charge >= 0.3 is 0 Å². The second kappa shape index (κ2) is 2.69. The minimum absolute atomic E-state index is 0.432. The Morgan fingerprint density at radius 2 is 2.38 bits per heavy atom. The van der Waals surface area contributed by atoms with Gasteiger partial charge in [0.05, 0.1) is 6.26 Å². The molecule has 1 unspecified atom stereocenters. The molecule has 0 aliphatic carbocycles. The molecular formula is C5H10O3. The largest absolute Gasteiger partial charge is 0.469 e. The zero-order valence-electron chi connectivity index (χ0n) is 4.79. The van der Waals surface area contributed by atoms with Crippen LogP contribution in [0.3, 0.4) is 0 Å². The van der Waals surface area contributed by atoms with Crippen LogP contribution in [0.5, 0.6) is 0 Å².